The summed E-state index contributed by atoms with van der Waals surface area (Å²) in [7, 11) is -3.62. The minimum Gasteiger partial charge on any atom is -0.395 e. The third kappa shape index (κ3) is 3.05. The first-order valence-corrected chi connectivity index (χ1v) is 7.20. The average Bonchev–Trinajstić information content (AvgIpc) is 2.89. The van der Waals surface area contributed by atoms with Gasteiger partial charge in [-0.05, 0) is 12.8 Å². The molecule has 2 N–H and O–H groups in total. The van der Waals surface area contributed by atoms with Gasteiger partial charge in [0.25, 0.3) is 10.2 Å². The molecule has 102 valence electrons. The largest absolute Gasteiger partial charge is 0.395 e. The topological polar surface area (TPSA) is 109 Å². The highest BCUT2D eigenvalue weighted by molar-refractivity contribution is 7.87. The van der Waals surface area contributed by atoms with E-state index in [0.717, 1.165) is 19.2 Å². The molecule has 0 aromatic carbocycles. The van der Waals surface area contributed by atoms with E-state index in [1.165, 1.54) is 4.31 Å². The molecule has 0 bridgehead atoms. The quantitative estimate of drug-likeness (QED) is 0.732. The van der Waals surface area contributed by atoms with Crippen molar-refractivity contribution in [1.29, 1.82) is 0 Å². The van der Waals surface area contributed by atoms with Crippen molar-refractivity contribution in [3.8, 4) is 0 Å². The van der Waals surface area contributed by atoms with Gasteiger partial charge in [-0.1, -0.05) is 11.6 Å². The molecule has 0 spiro atoms. The number of nitrogens with zero attached hydrogens (tertiary/aromatic N) is 3. The summed E-state index contributed by atoms with van der Waals surface area (Å²) in [5.41, 5.74) is 0. The van der Waals surface area contributed by atoms with Crippen LogP contribution in [0.25, 0.3) is 0 Å². The first-order chi connectivity index (χ1) is 8.63. The fourth-order valence-corrected chi connectivity index (χ4v) is 3.39. The fraction of sp³-hybridized carbons (Fsp3) is 0.778. The highest BCUT2D eigenvalue weighted by Crippen LogP contribution is 2.19. The summed E-state index contributed by atoms with van der Waals surface area (Å²) in [6, 6.07) is -0.346. The number of hydrogen-bond donors (Lipinski definition) is 2. The lowest BCUT2D eigenvalue weighted by Gasteiger charge is -2.33. The maximum absolute atomic E-state index is 12.1. The van der Waals surface area contributed by atoms with E-state index < -0.39 is 10.2 Å². The van der Waals surface area contributed by atoms with Gasteiger partial charge in [0, 0.05) is 12.6 Å². The van der Waals surface area contributed by atoms with Gasteiger partial charge in [-0.25, -0.2) is 0 Å². The molecule has 1 aliphatic heterocycles. The predicted octanol–water partition coefficient (Wildman–Crippen LogP) is -0.749. The normalized spacial score (nSPS) is 22.2. The highest BCUT2D eigenvalue weighted by atomic mass is 32.2. The number of aliphatic hydroxyl groups excluding tert-OH is 1. The molecule has 18 heavy (non-hydrogen) atoms. The molecule has 1 saturated heterocycles. The lowest BCUT2D eigenvalue weighted by molar-refractivity contribution is 0.154. The number of hydrogen-bond acceptors (Lipinski definition) is 6. The first kappa shape index (κ1) is 13.4. The second-order valence-electron chi connectivity index (χ2n) is 4.12. The van der Waals surface area contributed by atoms with Gasteiger partial charge in [-0.15, -0.1) is 0 Å². The lowest BCUT2D eigenvalue weighted by atomic mass is 10.1. The van der Waals surface area contributed by atoms with Crippen LogP contribution in [0.4, 0.5) is 0 Å². The van der Waals surface area contributed by atoms with E-state index in [0.29, 0.717) is 13.0 Å². The van der Waals surface area contributed by atoms with Gasteiger partial charge >= 0.3 is 0 Å². The Morgan fingerprint density at radius 1 is 1.56 bits per heavy atom. The Morgan fingerprint density at radius 3 is 3.06 bits per heavy atom. The maximum atomic E-state index is 12.1. The van der Waals surface area contributed by atoms with Crippen LogP contribution in [0.5, 0.6) is 0 Å². The predicted molar refractivity (Wildman–Crippen MR) is 61.5 cm³/mol. The van der Waals surface area contributed by atoms with Crippen LogP contribution < -0.4 is 4.72 Å². The van der Waals surface area contributed by atoms with Crippen molar-refractivity contribution in [1.82, 2.24) is 19.2 Å². The monoisotopic (exact) mass is 276 g/mol. The van der Waals surface area contributed by atoms with Crippen LogP contribution in [-0.4, -0.2) is 47.2 Å². The molecule has 1 aromatic heterocycles. The summed E-state index contributed by atoms with van der Waals surface area (Å²) in [6.07, 6.45) is 3.56. The Bertz CT molecular complexity index is 461. The van der Waals surface area contributed by atoms with Gasteiger partial charge in [0.1, 0.15) is 0 Å². The van der Waals surface area contributed by atoms with Gasteiger partial charge in [-0.2, -0.15) is 22.4 Å². The van der Waals surface area contributed by atoms with Gasteiger partial charge in [0.05, 0.1) is 13.2 Å². The van der Waals surface area contributed by atoms with Crippen LogP contribution in [0.15, 0.2) is 10.9 Å². The summed E-state index contributed by atoms with van der Waals surface area (Å²) >= 11 is 0. The van der Waals surface area contributed by atoms with Crippen molar-refractivity contribution >= 4 is 10.2 Å². The maximum Gasteiger partial charge on any atom is 0.280 e. The zero-order valence-corrected chi connectivity index (χ0v) is 10.6. The highest BCUT2D eigenvalue weighted by Gasteiger charge is 2.31. The van der Waals surface area contributed by atoms with Crippen molar-refractivity contribution < 1.29 is 18.0 Å². The second kappa shape index (κ2) is 5.74. The summed E-state index contributed by atoms with van der Waals surface area (Å²) in [6.45, 7) is 0.239. The molecule has 0 amide bonds. The second-order valence-corrected chi connectivity index (χ2v) is 5.82. The molecule has 1 aromatic rings. The van der Waals surface area contributed by atoms with Gasteiger partial charge in [0.2, 0.25) is 6.39 Å². The third-order valence-electron chi connectivity index (χ3n) is 2.91. The minimum absolute atomic E-state index is 0.0204. The molecule has 0 saturated carbocycles. The van der Waals surface area contributed by atoms with E-state index in [1.807, 2.05) is 0 Å². The minimum atomic E-state index is -3.62. The average molecular weight is 276 g/mol. The lowest BCUT2D eigenvalue weighted by Crippen LogP contribution is -2.50. The van der Waals surface area contributed by atoms with Crippen LogP contribution in [-0.2, 0) is 16.8 Å². The van der Waals surface area contributed by atoms with E-state index in [2.05, 4.69) is 19.4 Å². The molecular weight excluding hydrogens is 260 g/mol. The van der Waals surface area contributed by atoms with Crippen molar-refractivity contribution in [2.24, 2.45) is 0 Å². The Morgan fingerprint density at radius 2 is 2.39 bits per heavy atom. The van der Waals surface area contributed by atoms with Gasteiger partial charge in [0.15, 0.2) is 5.82 Å². The van der Waals surface area contributed by atoms with E-state index in [4.69, 9.17) is 0 Å². The summed E-state index contributed by atoms with van der Waals surface area (Å²) < 4.78 is 32.4. The van der Waals surface area contributed by atoms with E-state index in [9.17, 15) is 13.5 Å². The number of rotatable bonds is 5. The van der Waals surface area contributed by atoms with Crippen LogP contribution in [0.2, 0.25) is 0 Å². The molecule has 2 rings (SSSR count). The Balaban J connectivity index is 2.00. The molecule has 0 aliphatic carbocycles. The molecule has 1 aliphatic rings. The first-order valence-electron chi connectivity index (χ1n) is 5.76. The summed E-state index contributed by atoms with van der Waals surface area (Å²) in [4.78, 5) is 3.73. The molecular formula is C9H16N4O4S. The van der Waals surface area contributed by atoms with E-state index in [-0.39, 0.29) is 25.0 Å². The Labute approximate surface area is 105 Å². The fourth-order valence-electron chi connectivity index (χ4n) is 1.98. The van der Waals surface area contributed by atoms with Crippen LogP contribution in [0, 0.1) is 0 Å². The van der Waals surface area contributed by atoms with Gasteiger partial charge < -0.3 is 9.63 Å². The standard InChI is InChI=1S/C9H16N4O4S/c14-6-8-3-1-2-4-13(8)18(15,16)11-5-9-10-7-17-12-9/h7-8,11,14H,1-6H2. The Hall–Kier alpha value is -1.03. The zero-order chi connectivity index (χ0) is 13.0. The zero-order valence-electron chi connectivity index (χ0n) is 9.82. The third-order valence-corrected chi connectivity index (χ3v) is 4.52. The van der Waals surface area contributed by atoms with Crippen molar-refractivity contribution in [2.45, 2.75) is 31.8 Å². The van der Waals surface area contributed by atoms with E-state index >= 15 is 0 Å². The molecule has 1 atom stereocenters. The van der Waals surface area contributed by atoms with Crippen LogP contribution >= 0.6 is 0 Å². The van der Waals surface area contributed by atoms with E-state index in [1.54, 1.807) is 0 Å². The Kier molecular flexibility index (Phi) is 4.27. The van der Waals surface area contributed by atoms with Crippen LogP contribution in [0.1, 0.15) is 25.1 Å². The summed E-state index contributed by atoms with van der Waals surface area (Å²) in [5.74, 6) is 0.274. The van der Waals surface area contributed by atoms with Crippen molar-refractivity contribution in [2.75, 3.05) is 13.2 Å². The van der Waals surface area contributed by atoms with Crippen LogP contribution in [0.3, 0.4) is 0 Å². The molecule has 0 radical (unpaired) electrons. The number of piperidine rings is 1. The molecule has 2 heterocycles. The molecule has 9 heteroatoms. The molecule has 1 fully saturated rings. The van der Waals surface area contributed by atoms with Crippen molar-refractivity contribution in [3.63, 3.8) is 0 Å². The number of aliphatic hydroxyl groups is 1. The molecule has 1 unspecified atom stereocenters. The number of nitrogens with one attached hydrogen (secondary N) is 1. The SMILES string of the molecule is O=S(=O)(NCc1ncon1)N1CCCCC1CO. The van der Waals surface area contributed by atoms with Crippen molar-refractivity contribution in [3.05, 3.63) is 12.2 Å². The number of aromatic nitrogens is 2. The summed E-state index contributed by atoms with van der Waals surface area (Å²) in [5, 5.41) is 12.7. The van der Waals surface area contributed by atoms with Gasteiger partial charge in [-0.3, -0.25) is 0 Å². The smallest absolute Gasteiger partial charge is 0.280 e. The molecule has 8 nitrogen and oxygen atoms in total.